The summed E-state index contributed by atoms with van der Waals surface area (Å²) in [6.07, 6.45) is 0.0718. The highest BCUT2D eigenvalue weighted by atomic mass is 16.4. The Morgan fingerprint density at radius 1 is 1.70 bits per heavy atom. The molecule has 0 saturated heterocycles. The van der Waals surface area contributed by atoms with Crippen LogP contribution in [0.2, 0.25) is 0 Å². The van der Waals surface area contributed by atoms with Crippen LogP contribution >= 0.6 is 0 Å². The molecule has 10 heavy (non-hydrogen) atoms. The van der Waals surface area contributed by atoms with Crippen LogP contribution < -0.4 is 17.2 Å². The van der Waals surface area contributed by atoms with Crippen molar-refractivity contribution in [1.82, 2.24) is 0 Å². The number of rotatable bonds is 3. The van der Waals surface area contributed by atoms with Crippen molar-refractivity contribution in [2.45, 2.75) is 25.0 Å². The molecule has 1 atom stereocenters. The molecule has 0 aliphatic rings. The zero-order chi connectivity index (χ0) is 8.36. The van der Waals surface area contributed by atoms with Gasteiger partial charge < -0.3 is 22.3 Å². The fourth-order valence-electron chi connectivity index (χ4n) is 0.561. The molecule has 0 rings (SSSR count). The van der Waals surface area contributed by atoms with Gasteiger partial charge in [-0.05, 0) is 6.92 Å². The molecule has 0 radical (unpaired) electrons. The number of hydrogen-bond acceptors (Lipinski definition) is 4. The van der Waals surface area contributed by atoms with Gasteiger partial charge in [-0.2, -0.15) is 0 Å². The van der Waals surface area contributed by atoms with Crippen LogP contribution in [0.4, 0.5) is 0 Å². The van der Waals surface area contributed by atoms with Crippen LogP contribution in [-0.4, -0.2) is 22.8 Å². The van der Waals surface area contributed by atoms with E-state index in [-0.39, 0.29) is 6.42 Å². The average molecular weight is 147 g/mol. The summed E-state index contributed by atoms with van der Waals surface area (Å²) in [5.41, 5.74) is 14.8. The Labute approximate surface area is 59.2 Å². The van der Waals surface area contributed by atoms with E-state index in [0.717, 1.165) is 0 Å². The summed E-state index contributed by atoms with van der Waals surface area (Å²) in [6, 6.07) is -0.972. The maximum Gasteiger partial charge on any atom is 0.320 e. The summed E-state index contributed by atoms with van der Waals surface area (Å²) in [4.78, 5) is 10.1. The van der Waals surface area contributed by atoms with Crippen molar-refractivity contribution >= 4 is 5.97 Å². The molecule has 1 unspecified atom stereocenters. The highest BCUT2D eigenvalue weighted by Gasteiger charge is 2.20. The van der Waals surface area contributed by atoms with Crippen molar-refractivity contribution in [3.05, 3.63) is 0 Å². The van der Waals surface area contributed by atoms with Crippen molar-refractivity contribution in [3.63, 3.8) is 0 Å². The minimum absolute atomic E-state index is 0.0718. The molecular weight excluding hydrogens is 134 g/mol. The molecule has 0 saturated carbocycles. The SMILES string of the molecule is CC(N)(N)CC(N)C(=O)O. The lowest BCUT2D eigenvalue weighted by molar-refractivity contribution is -0.139. The van der Waals surface area contributed by atoms with Gasteiger partial charge in [0.15, 0.2) is 0 Å². The Hall–Kier alpha value is -0.650. The van der Waals surface area contributed by atoms with Gasteiger partial charge in [0.1, 0.15) is 6.04 Å². The molecule has 0 aromatic rings. The van der Waals surface area contributed by atoms with Crippen LogP contribution in [-0.2, 0) is 4.79 Å². The van der Waals surface area contributed by atoms with Crippen LogP contribution in [0.5, 0.6) is 0 Å². The van der Waals surface area contributed by atoms with E-state index in [0.29, 0.717) is 0 Å². The molecule has 0 aromatic heterocycles. The topological polar surface area (TPSA) is 115 Å². The van der Waals surface area contributed by atoms with E-state index in [1.54, 1.807) is 0 Å². The van der Waals surface area contributed by atoms with Gasteiger partial charge in [0.25, 0.3) is 0 Å². The number of carboxylic acids is 1. The van der Waals surface area contributed by atoms with Gasteiger partial charge in [0, 0.05) is 6.42 Å². The summed E-state index contributed by atoms with van der Waals surface area (Å²) in [6.45, 7) is 1.52. The zero-order valence-electron chi connectivity index (χ0n) is 5.87. The maximum atomic E-state index is 10.1. The van der Waals surface area contributed by atoms with E-state index in [9.17, 15) is 4.79 Å². The molecular formula is C5H13N3O2. The smallest absolute Gasteiger partial charge is 0.320 e. The summed E-state index contributed by atoms with van der Waals surface area (Å²) < 4.78 is 0. The van der Waals surface area contributed by atoms with E-state index in [2.05, 4.69) is 0 Å². The van der Waals surface area contributed by atoms with Crippen molar-refractivity contribution in [1.29, 1.82) is 0 Å². The molecule has 7 N–H and O–H groups in total. The number of carboxylic acid groups (broad SMARTS) is 1. The van der Waals surface area contributed by atoms with Crippen LogP contribution in [0.15, 0.2) is 0 Å². The highest BCUT2D eigenvalue weighted by Crippen LogP contribution is 1.99. The predicted molar refractivity (Wildman–Crippen MR) is 37.0 cm³/mol. The maximum absolute atomic E-state index is 10.1. The highest BCUT2D eigenvalue weighted by molar-refractivity contribution is 5.73. The summed E-state index contributed by atoms with van der Waals surface area (Å²) in [5.74, 6) is -1.08. The normalized spacial score (nSPS) is 14.8. The van der Waals surface area contributed by atoms with Gasteiger partial charge in [0.2, 0.25) is 0 Å². The first kappa shape index (κ1) is 9.35. The van der Waals surface area contributed by atoms with E-state index < -0.39 is 17.7 Å². The minimum Gasteiger partial charge on any atom is -0.480 e. The predicted octanol–water partition coefficient (Wildman–Crippen LogP) is -1.58. The van der Waals surface area contributed by atoms with Gasteiger partial charge in [-0.15, -0.1) is 0 Å². The van der Waals surface area contributed by atoms with Crippen LogP contribution in [0.25, 0.3) is 0 Å². The lowest BCUT2D eigenvalue weighted by Crippen LogP contribution is -2.51. The number of nitrogens with two attached hydrogens (primary N) is 3. The Morgan fingerprint density at radius 2 is 2.10 bits per heavy atom. The third-order valence-electron chi connectivity index (χ3n) is 0.977. The van der Waals surface area contributed by atoms with E-state index in [1.807, 2.05) is 0 Å². The van der Waals surface area contributed by atoms with E-state index in [1.165, 1.54) is 6.92 Å². The van der Waals surface area contributed by atoms with Crippen molar-refractivity contribution in [2.75, 3.05) is 0 Å². The molecule has 5 heteroatoms. The van der Waals surface area contributed by atoms with Gasteiger partial charge in [0.05, 0.1) is 5.66 Å². The van der Waals surface area contributed by atoms with Crippen LogP contribution in [0.1, 0.15) is 13.3 Å². The molecule has 0 aliphatic carbocycles. The third-order valence-corrected chi connectivity index (χ3v) is 0.977. The monoisotopic (exact) mass is 147 g/mol. The summed E-state index contributed by atoms with van der Waals surface area (Å²) in [5, 5.41) is 8.31. The summed E-state index contributed by atoms with van der Waals surface area (Å²) >= 11 is 0. The Kier molecular flexibility index (Phi) is 2.77. The first-order valence-electron chi connectivity index (χ1n) is 2.89. The lowest BCUT2D eigenvalue weighted by Gasteiger charge is -2.20. The second-order valence-corrected chi connectivity index (χ2v) is 2.65. The van der Waals surface area contributed by atoms with E-state index >= 15 is 0 Å². The second kappa shape index (κ2) is 2.96. The second-order valence-electron chi connectivity index (χ2n) is 2.65. The van der Waals surface area contributed by atoms with Crippen molar-refractivity contribution in [3.8, 4) is 0 Å². The van der Waals surface area contributed by atoms with E-state index in [4.69, 9.17) is 22.3 Å². The third kappa shape index (κ3) is 4.25. The molecule has 0 aliphatic heterocycles. The van der Waals surface area contributed by atoms with Crippen molar-refractivity contribution < 1.29 is 9.90 Å². The number of hydrogen-bond donors (Lipinski definition) is 4. The van der Waals surface area contributed by atoms with Gasteiger partial charge >= 0.3 is 5.97 Å². The molecule has 5 nitrogen and oxygen atoms in total. The first-order chi connectivity index (χ1) is 4.33. The number of carbonyl (C=O) groups is 1. The molecule has 0 spiro atoms. The Balaban J connectivity index is 3.80. The van der Waals surface area contributed by atoms with Crippen molar-refractivity contribution in [2.24, 2.45) is 17.2 Å². The fourth-order valence-corrected chi connectivity index (χ4v) is 0.561. The van der Waals surface area contributed by atoms with Gasteiger partial charge in [-0.25, -0.2) is 0 Å². The molecule has 0 amide bonds. The zero-order valence-corrected chi connectivity index (χ0v) is 5.87. The van der Waals surface area contributed by atoms with Gasteiger partial charge in [-0.3, -0.25) is 4.79 Å². The lowest BCUT2D eigenvalue weighted by atomic mass is 10.1. The molecule has 0 bridgehead atoms. The largest absolute Gasteiger partial charge is 0.480 e. The quantitative estimate of drug-likeness (QED) is 0.360. The number of aliphatic carboxylic acids is 1. The molecule has 0 aromatic carbocycles. The van der Waals surface area contributed by atoms with Gasteiger partial charge in [-0.1, -0.05) is 0 Å². The Bertz CT molecular complexity index is 129. The molecule has 0 fully saturated rings. The summed E-state index contributed by atoms with van der Waals surface area (Å²) in [7, 11) is 0. The van der Waals surface area contributed by atoms with Crippen LogP contribution in [0, 0.1) is 0 Å². The standard InChI is InChI=1S/C5H13N3O2/c1-5(7,8)2-3(6)4(9)10/h3H,2,6-8H2,1H3,(H,9,10). The van der Waals surface area contributed by atoms with Crippen LogP contribution in [0.3, 0.4) is 0 Å². The molecule has 0 heterocycles. The first-order valence-corrected chi connectivity index (χ1v) is 2.89. The molecule has 60 valence electrons. The average Bonchev–Trinajstić information content (AvgIpc) is 1.60. The minimum atomic E-state index is -1.08. The fraction of sp³-hybridized carbons (Fsp3) is 0.800. The Morgan fingerprint density at radius 3 is 2.20 bits per heavy atom.